The van der Waals surface area contributed by atoms with Gasteiger partial charge >= 0.3 is 5.69 Å². The second-order valence-corrected chi connectivity index (χ2v) is 6.25. The minimum atomic E-state index is -0.180. The van der Waals surface area contributed by atoms with E-state index in [2.05, 4.69) is 4.98 Å². The number of hydrogen-bond donors (Lipinski definition) is 0. The molecule has 0 N–H and O–H groups in total. The van der Waals surface area contributed by atoms with E-state index in [1.807, 2.05) is 13.0 Å². The molecule has 0 atom stereocenters. The number of hydrogen-bond acceptors (Lipinski definition) is 3. The minimum Gasteiger partial charge on any atom is -1.00 e. The van der Waals surface area contributed by atoms with Gasteiger partial charge in [0.25, 0.3) is 5.91 Å². The number of benzene rings is 2. The Morgan fingerprint density at radius 3 is 2.52 bits per heavy atom. The molecule has 120 valence electrons. The zero-order valence-corrected chi connectivity index (χ0v) is 15.0. The van der Waals surface area contributed by atoms with Crippen molar-refractivity contribution in [2.45, 2.75) is 11.8 Å². The summed E-state index contributed by atoms with van der Waals surface area (Å²) in [5.41, 5.74) is 1.34. The van der Waals surface area contributed by atoms with Crippen LogP contribution in [-0.4, -0.2) is 18.7 Å². The third kappa shape index (κ3) is 4.38. The lowest BCUT2D eigenvalue weighted by molar-refractivity contribution is -0.0000120. The van der Waals surface area contributed by atoms with Crippen LogP contribution in [0.3, 0.4) is 0 Å². The van der Waals surface area contributed by atoms with Gasteiger partial charge in [-0.3, -0.25) is 4.79 Å². The summed E-state index contributed by atoms with van der Waals surface area (Å²) in [4.78, 5) is 18.1. The van der Waals surface area contributed by atoms with Crippen molar-refractivity contribution < 1.29 is 17.2 Å². The number of thioether (sulfide) groups is 1. The lowest BCUT2D eigenvalue weighted by Crippen LogP contribution is -3.00. The summed E-state index contributed by atoms with van der Waals surface area (Å²) < 4.78 is 0. The Bertz CT molecular complexity index is 732. The van der Waals surface area contributed by atoms with Gasteiger partial charge in [0, 0.05) is 17.5 Å². The van der Waals surface area contributed by atoms with Gasteiger partial charge in [-0.1, -0.05) is 36.7 Å². The number of halogens is 2. The number of carbonyl (C=O) groups excluding carboxylic acids is 1. The number of nitrogens with zero attached hydrogens (tertiary/aromatic N) is 3. The molecule has 1 amide bonds. The van der Waals surface area contributed by atoms with Gasteiger partial charge in [-0.25, -0.2) is 0 Å². The van der Waals surface area contributed by atoms with Gasteiger partial charge in [0.05, 0.1) is 11.1 Å². The van der Waals surface area contributed by atoms with E-state index >= 15 is 0 Å². The van der Waals surface area contributed by atoms with E-state index in [4.69, 9.17) is 11.6 Å². The van der Waals surface area contributed by atoms with Crippen molar-refractivity contribution in [1.82, 2.24) is 0 Å². The van der Waals surface area contributed by atoms with Crippen LogP contribution < -0.4 is 17.3 Å². The average Bonchev–Trinajstić information content (AvgIpc) is 2.56. The molecule has 0 fully saturated rings. The minimum absolute atomic E-state index is 0. The van der Waals surface area contributed by atoms with Gasteiger partial charge in [0.2, 0.25) is 5.39 Å². The van der Waals surface area contributed by atoms with Crippen LogP contribution in [0.15, 0.2) is 47.4 Å². The maximum Gasteiger partial charge on any atom is 0.410 e. The molecule has 4 nitrogen and oxygen atoms in total. The van der Waals surface area contributed by atoms with Gasteiger partial charge in [0.15, 0.2) is 4.98 Å². The van der Waals surface area contributed by atoms with Crippen molar-refractivity contribution in [3.8, 4) is 0 Å². The first kappa shape index (κ1) is 19.3. The smallest absolute Gasteiger partial charge is 0.410 e. The Morgan fingerprint density at radius 2 is 1.96 bits per heavy atom. The van der Waals surface area contributed by atoms with Crippen LogP contribution >= 0.6 is 23.4 Å². The molecule has 0 aliphatic heterocycles. The second kappa shape index (κ2) is 8.78. The molecule has 0 aliphatic carbocycles. The summed E-state index contributed by atoms with van der Waals surface area (Å²) in [6.07, 6.45) is 0. The fourth-order valence-electron chi connectivity index (χ4n) is 2.03. The standard InChI is InChI=1S/C16H15ClN3OS.ClH/c1-3-22-15-10-14(13(19-18)9-12(15)17)20(2)16(21)11-7-5-4-6-8-11;/h4-10H,3H2,1-2H3;1H/q+1;/p-1. The highest BCUT2D eigenvalue weighted by atomic mass is 35.5. The molecule has 0 radical (unpaired) electrons. The van der Waals surface area contributed by atoms with E-state index in [-0.39, 0.29) is 24.0 Å². The third-order valence-electron chi connectivity index (χ3n) is 3.12. The first-order valence-electron chi connectivity index (χ1n) is 6.73. The Morgan fingerprint density at radius 1 is 1.30 bits per heavy atom. The molecule has 0 aromatic heterocycles. The van der Waals surface area contributed by atoms with Crippen molar-refractivity contribution in [3.63, 3.8) is 0 Å². The van der Waals surface area contributed by atoms with E-state index in [1.165, 1.54) is 4.90 Å². The molecule has 0 aliphatic rings. The maximum absolute atomic E-state index is 12.5. The second-order valence-electron chi connectivity index (χ2n) is 4.53. The van der Waals surface area contributed by atoms with Crippen LogP contribution in [0.2, 0.25) is 5.02 Å². The molecule has 0 unspecified atom stereocenters. The van der Waals surface area contributed by atoms with Crippen molar-refractivity contribution in [2.24, 2.45) is 0 Å². The number of carbonyl (C=O) groups is 1. The molecular formula is C16H15Cl2N3OS. The van der Waals surface area contributed by atoms with Crippen LogP contribution in [0.25, 0.3) is 4.98 Å². The average molecular weight is 368 g/mol. The molecule has 7 heteroatoms. The van der Waals surface area contributed by atoms with E-state index in [0.717, 1.165) is 10.6 Å². The first-order chi connectivity index (χ1) is 10.6. The van der Waals surface area contributed by atoms with Crippen molar-refractivity contribution in [3.05, 3.63) is 58.0 Å². The van der Waals surface area contributed by atoms with Crippen molar-refractivity contribution in [2.75, 3.05) is 17.7 Å². The fourth-order valence-corrected chi connectivity index (χ4v) is 3.06. The van der Waals surface area contributed by atoms with Gasteiger partial charge in [-0.15, -0.1) is 11.8 Å². The van der Waals surface area contributed by atoms with Gasteiger partial charge < -0.3 is 17.3 Å². The summed E-state index contributed by atoms with van der Waals surface area (Å²) in [7, 11) is 1.65. The van der Waals surface area contributed by atoms with E-state index in [0.29, 0.717) is 16.3 Å². The topological polar surface area (TPSA) is 48.5 Å². The van der Waals surface area contributed by atoms with Crippen LogP contribution in [-0.2, 0) is 0 Å². The van der Waals surface area contributed by atoms with Crippen LogP contribution in [0.4, 0.5) is 11.4 Å². The largest absolute Gasteiger partial charge is 1.00 e. The molecule has 0 bridgehead atoms. The molecule has 2 rings (SSSR count). The summed E-state index contributed by atoms with van der Waals surface area (Å²) in [6.45, 7) is 2.02. The highest BCUT2D eigenvalue weighted by molar-refractivity contribution is 7.99. The number of amides is 1. The fraction of sp³-hybridized carbons (Fsp3) is 0.188. The Labute approximate surface area is 150 Å². The van der Waals surface area contributed by atoms with Crippen molar-refractivity contribution in [1.29, 1.82) is 5.39 Å². The lowest BCUT2D eigenvalue weighted by atomic mass is 10.2. The van der Waals surface area contributed by atoms with E-state index in [1.54, 1.807) is 55.2 Å². The molecule has 0 saturated carbocycles. The molecule has 0 saturated heterocycles. The molecular weight excluding hydrogens is 353 g/mol. The van der Waals surface area contributed by atoms with E-state index in [9.17, 15) is 10.2 Å². The van der Waals surface area contributed by atoms with Gasteiger partial charge in [-0.05, 0) is 24.0 Å². The highest BCUT2D eigenvalue weighted by Gasteiger charge is 2.25. The third-order valence-corrected chi connectivity index (χ3v) is 4.49. The Kier molecular flexibility index (Phi) is 7.37. The van der Waals surface area contributed by atoms with Crippen LogP contribution in [0.1, 0.15) is 17.3 Å². The SMILES string of the molecule is CCSc1cc(N(C)C(=O)c2ccccc2)c([N+]#N)cc1Cl.[Cl-]. The first-order valence-corrected chi connectivity index (χ1v) is 8.09. The monoisotopic (exact) mass is 367 g/mol. The predicted molar refractivity (Wildman–Crippen MR) is 91.8 cm³/mol. The Hall–Kier alpha value is -1.74. The number of anilines is 1. The zero-order chi connectivity index (χ0) is 16.1. The van der Waals surface area contributed by atoms with Crippen LogP contribution in [0.5, 0.6) is 0 Å². The highest BCUT2D eigenvalue weighted by Crippen LogP contribution is 2.38. The van der Waals surface area contributed by atoms with Crippen molar-refractivity contribution >= 4 is 40.6 Å². The zero-order valence-electron chi connectivity index (χ0n) is 12.7. The number of diazo groups is 1. The summed E-state index contributed by atoms with van der Waals surface area (Å²) in [5.74, 6) is 0.672. The maximum atomic E-state index is 12.5. The van der Waals surface area contributed by atoms with Crippen LogP contribution in [0, 0.1) is 5.39 Å². The van der Waals surface area contributed by atoms with Gasteiger partial charge in [-0.2, -0.15) is 0 Å². The molecule has 0 spiro atoms. The van der Waals surface area contributed by atoms with Gasteiger partial charge in [0.1, 0.15) is 5.69 Å². The molecule has 2 aromatic rings. The molecule has 2 aromatic carbocycles. The summed E-state index contributed by atoms with van der Waals surface area (Å²) in [5, 5.41) is 9.69. The summed E-state index contributed by atoms with van der Waals surface area (Å²) >= 11 is 7.73. The Balaban J connectivity index is 0.00000264. The lowest BCUT2D eigenvalue weighted by Gasteiger charge is -2.16. The summed E-state index contributed by atoms with van der Waals surface area (Å²) in [6, 6.07) is 12.3. The van der Waals surface area contributed by atoms with E-state index < -0.39 is 0 Å². The predicted octanol–water partition coefficient (Wildman–Crippen LogP) is 2.22. The normalized spacial score (nSPS) is 9.65. The number of rotatable bonds is 4. The molecule has 23 heavy (non-hydrogen) atoms. The quantitative estimate of drug-likeness (QED) is 0.614. The molecule has 0 heterocycles.